The molecule has 1 aromatic heterocycles. The number of halogens is 3. The lowest BCUT2D eigenvalue weighted by molar-refractivity contribution is -0.138. The molecule has 1 heterocycles. The maximum absolute atomic E-state index is 12.2. The summed E-state index contributed by atoms with van der Waals surface area (Å²) < 4.78 is 36.5. The van der Waals surface area contributed by atoms with Crippen molar-refractivity contribution in [1.29, 1.82) is 0 Å². The van der Waals surface area contributed by atoms with Gasteiger partial charge in [-0.1, -0.05) is 0 Å². The molecule has 0 aliphatic rings. The third-order valence-corrected chi connectivity index (χ3v) is 1.57. The zero-order chi connectivity index (χ0) is 9.35. The lowest BCUT2D eigenvalue weighted by Crippen LogP contribution is -2.12. The molecule has 0 aromatic carbocycles. The van der Waals surface area contributed by atoms with E-state index in [9.17, 15) is 13.2 Å². The quantitative estimate of drug-likeness (QED) is 0.679. The fourth-order valence-corrected chi connectivity index (χ4v) is 0.998. The molecule has 68 valence electrons. The van der Waals surface area contributed by atoms with Crippen LogP contribution in [0.1, 0.15) is 24.1 Å². The zero-order valence-corrected chi connectivity index (χ0v) is 6.44. The van der Waals surface area contributed by atoms with Gasteiger partial charge in [0.1, 0.15) is 0 Å². The van der Waals surface area contributed by atoms with Crippen molar-refractivity contribution in [2.24, 2.45) is 5.73 Å². The van der Waals surface area contributed by atoms with Crippen molar-refractivity contribution in [3.05, 3.63) is 23.5 Å². The van der Waals surface area contributed by atoms with Crippen LogP contribution >= 0.6 is 0 Å². The van der Waals surface area contributed by atoms with E-state index >= 15 is 0 Å². The van der Waals surface area contributed by atoms with Crippen molar-refractivity contribution >= 4 is 0 Å². The molecule has 1 rings (SSSR count). The maximum atomic E-state index is 12.2. The Morgan fingerprint density at radius 1 is 1.42 bits per heavy atom. The van der Waals surface area contributed by atoms with Gasteiger partial charge in [0.05, 0.1) is 5.56 Å². The highest BCUT2D eigenvalue weighted by Gasteiger charge is 2.34. The molecule has 0 aliphatic carbocycles. The first-order chi connectivity index (χ1) is 5.43. The average Bonchev–Trinajstić information content (AvgIpc) is 2.30. The Kier molecular flexibility index (Phi) is 2.14. The summed E-state index contributed by atoms with van der Waals surface area (Å²) in [7, 11) is 0. The second-order valence-corrected chi connectivity index (χ2v) is 2.61. The summed E-state index contributed by atoms with van der Waals surface area (Å²) in [5.41, 5.74) is 4.75. The molecule has 1 aromatic rings. The van der Waals surface area contributed by atoms with Gasteiger partial charge in [0.25, 0.3) is 0 Å². The van der Waals surface area contributed by atoms with Crippen LogP contribution in [0.3, 0.4) is 0 Å². The van der Waals surface area contributed by atoms with Crippen LogP contribution in [-0.4, -0.2) is 4.98 Å². The molecule has 12 heavy (non-hydrogen) atoms. The number of nitrogens with two attached hydrogens (primary N) is 1. The molecular weight excluding hydrogens is 169 g/mol. The first-order valence-corrected chi connectivity index (χ1v) is 3.42. The standard InChI is InChI=1S/C7H9F3N2/c1-4(11)5-2-12-3-6(5)7(8,9)10/h2-4,12H,11H2,1H3/t4-/m1/s1. The molecule has 0 aliphatic heterocycles. The van der Waals surface area contributed by atoms with Gasteiger partial charge in [-0.05, 0) is 12.5 Å². The highest BCUT2D eigenvalue weighted by Crippen LogP contribution is 2.33. The number of rotatable bonds is 1. The Labute approximate surface area is 67.6 Å². The summed E-state index contributed by atoms with van der Waals surface area (Å²) in [6.07, 6.45) is -2.13. The Morgan fingerprint density at radius 2 is 2.00 bits per heavy atom. The third-order valence-electron chi connectivity index (χ3n) is 1.57. The number of nitrogens with one attached hydrogen (secondary N) is 1. The molecule has 0 fully saturated rings. The number of hydrogen-bond acceptors (Lipinski definition) is 1. The zero-order valence-electron chi connectivity index (χ0n) is 6.44. The van der Waals surface area contributed by atoms with E-state index in [1.165, 1.54) is 13.1 Å². The van der Waals surface area contributed by atoms with Crippen LogP contribution in [0, 0.1) is 0 Å². The monoisotopic (exact) mass is 178 g/mol. The molecule has 0 amide bonds. The third kappa shape index (κ3) is 1.61. The molecule has 3 N–H and O–H groups in total. The predicted molar refractivity (Wildman–Crippen MR) is 38.4 cm³/mol. The van der Waals surface area contributed by atoms with Gasteiger partial charge in [-0.25, -0.2) is 0 Å². The molecule has 2 nitrogen and oxygen atoms in total. The second-order valence-electron chi connectivity index (χ2n) is 2.61. The average molecular weight is 178 g/mol. The van der Waals surface area contributed by atoms with E-state index in [-0.39, 0.29) is 5.56 Å². The SMILES string of the molecule is C[C@@H](N)c1c[nH]cc1C(F)(F)F. The Hall–Kier alpha value is -0.970. The summed E-state index contributed by atoms with van der Waals surface area (Å²) in [6.45, 7) is 1.51. The topological polar surface area (TPSA) is 41.8 Å². The van der Waals surface area contributed by atoms with Gasteiger partial charge < -0.3 is 10.7 Å². The number of aromatic nitrogens is 1. The van der Waals surface area contributed by atoms with E-state index in [1.807, 2.05) is 0 Å². The fourth-order valence-electron chi connectivity index (χ4n) is 0.998. The molecule has 0 bridgehead atoms. The van der Waals surface area contributed by atoms with Crippen molar-refractivity contribution < 1.29 is 13.2 Å². The predicted octanol–water partition coefficient (Wildman–Crippen LogP) is 2.05. The molecule has 1 atom stereocenters. The van der Waals surface area contributed by atoms with E-state index in [0.717, 1.165) is 6.20 Å². The van der Waals surface area contributed by atoms with Crippen molar-refractivity contribution in [2.75, 3.05) is 0 Å². The Balaban J connectivity index is 3.08. The molecule has 0 unspecified atom stereocenters. The van der Waals surface area contributed by atoms with Crippen LogP contribution in [-0.2, 0) is 6.18 Å². The molecule has 0 saturated heterocycles. The molecule has 0 saturated carbocycles. The number of alkyl halides is 3. The molecule has 5 heteroatoms. The van der Waals surface area contributed by atoms with Crippen LogP contribution in [0.2, 0.25) is 0 Å². The van der Waals surface area contributed by atoms with Crippen LogP contribution in [0.25, 0.3) is 0 Å². The first-order valence-electron chi connectivity index (χ1n) is 3.42. The second kappa shape index (κ2) is 2.82. The summed E-state index contributed by atoms with van der Waals surface area (Å²) in [4.78, 5) is 2.39. The maximum Gasteiger partial charge on any atom is 0.418 e. The minimum atomic E-state index is -4.32. The van der Waals surface area contributed by atoms with E-state index in [2.05, 4.69) is 4.98 Å². The van der Waals surface area contributed by atoms with Gasteiger partial charge in [-0.2, -0.15) is 13.2 Å². The fraction of sp³-hybridized carbons (Fsp3) is 0.429. The minimum absolute atomic E-state index is 0.0995. The number of aromatic amines is 1. The minimum Gasteiger partial charge on any atom is -0.367 e. The van der Waals surface area contributed by atoms with E-state index < -0.39 is 17.8 Å². The van der Waals surface area contributed by atoms with Crippen LogP contribution < -0.4 is 5.73 Å². The molecular formula is C7H9F3N2. The van der Waals surface area contributed by atoms with Gasteiger partial charge in [0, 0.05) is 18.4 Å². The molecule has 0 radical (unpaired) electrons. The summed E-state index contributed by atoms with van der Waals surface area (Å²) >= 11 is 0. The van der Waals surface area contributed by atoms with Crippen molar-refractivity contribution in [3.8, 4) is 0 Å². The Bertz CT molecular complexity index is 262. The van der Waals surface area contributed by atoms with E-state index in [1.54, 1.807) is 0 Å². The summed E-state index contributed by atoms with van der Waals surface area (Å²) in [5.74, 6) is 0. The van der Waals surface area contributed by atoms with Crippen molar-refractivity contribution in [1.82, 2.24) is 4.98 Å². The highest BCUT2D eigenvalue weighted by atomic mass is 19.4. The van der Waals surface area contributed by atoms with Gasteiger partial charge in [0.15, 0.2) is 0 Å². The highest BCUT2D eigenvalue weighted by molar-refractivity contribution is 5.28. The van der Waals surface area contributed by atoms with Crippen molar-refractivity contribution in [2.45, 2.75) is 19.1 Å². The van der Waals surface area contributed by atoms with Gasteiger partial charge in [0.2, 0.25) is 0 Å². The van der Waals surface area contributed by atoms with Crippen LogP contribution in [0.4, 0.5) is 13.2 Å². The van der Waals surface area contributed by atoms with Gasteiger partial charge in [-0.3, -0.25) is 0 Å². The smallest absolute Gasteiger partial charge is 0.367 e. The Morgan fingerprint density at radius 3 is 2.33 bits per heavy atom. The number of H-pyrrole nitrogens is 1. The first kappa shape index (κ1) is 9.12. The number of hydrogen-bond donors (Lipinski definition) is 2. The normalized spacial score (nSPS) is 14.8. The van der Waals surface area contributed by atoms with Crippen LogP contribution in [0.15, 0.2) is 12.4 Å². The van der Waals surface area contributed by atoms with Gasteiger partial charge in [-0.15, -0.1) is 0 Å². The van der Waals surface area contributed by atoms with E-state index in [4.69, 9.17) is 5.73 Å². The van der Waals surface area contributed by atoms with Gasteiger partial charge >= 0.3 is 6.18 Å². The lowest BCUT2D eigenvalue weighted by atomic mass is 10.1. The summed E-state index contributed by atoms with van der Waals surface area (Å²) in [5, 5.41) is 0. The van der Waals surface area contributed by atoms with E-state index in [0.29, 0.717) is 0 Å². The largest absolute Gasteiger partial charge is 0.418 e. The molecule has 0 spiro atoms. The van der Waals surface area contributed by atoms with Crippen molar-refractivity contribution in [3.63, 3.8) is 0 Å². The summed E-state index contributed by atoms with van der Waals surface area (Å²) in [6, 6.07) is -0.604. The lowest BCUT2D eigenvalue weighted by Gasteiger charge is -2.09. The van der Waals surface area contributed by atoms with Crippen LogP contribution in [0.5, 0.6) is 0 Å².